The Morgan fingerprint density at radius 1 is 1.00 bits per heavy atom. The second kappa shape index (κ2) is 9.84. The molecular formula is C27H34N2O5. The van der Waals surface area contributed by atoms with Crippen LogP contribution in [-0.4, -0.2) is 73.0 Å². The Morgan fingerprint density at radius 3 is 2.24 bits per heavy atom. The molecule has 7 nitrogen and oxygen atoms in total. The molecule has 0 aromatic heterocycles. The van der Waals surface area contributed by atoms with Gasteiger partial charge in [-0.25, -0.2) is 0 Å². The van der Waals surface area contributed by atoms with Crippen molar-refractivity contribution in [3.8, 4) is 17.2 Å². The van der Waals surface area contributed by atoms with Gasteiger partial charge < -0.3 is 29.1 Å². The minimum Gasteiger partial charge on any atom is -0.508 e. The summed E-state index contributed by atoms with van der Waals surface area (Å²) in [6.45, 7) is 7.18. The summed E-state index contributed by atoms with van der Waals surface area (Å²) in [5.41, 5.74) is 0.903. The van der Waals surface area contributed by atoms with Crippen LogP contribution in [0.3, 0.4) is 0 Å². The second-order valence-electron chi connectivity index (χ2n) is 9.76. The molecule has 0 amide bonds. The lowest BCUT2D eigenvalue weighted by molar-refractivity contribution is -0.179. The third-order valence-electron chi connectivity index (χ3n) is 7.22. The van der Waals surface area contributed by atoms with E-state index in [0.717, 1.165) is 63.0 Å². The van der Waals surface area contributed by atoms with Crippen molar-refractivity contribution in [1.82, 2.24) is 9.80 Å². The molecule has 3 aliphatic heterocycles. The number of carbonyl (C=O) groups excluding carboxylic acids is 1. The number of aryl methyl sites for hydroxylation is 1. The van der Waals surface area contributed by atoms with E-state index < -0.39 is 11.7 Å². The molecule has 1 unspecified atom stereocenters. The number of phenols is 1. The first-order chi connectivity index (χ1) is 16.5. The molecule has 0 aliphatic carbocycles. The fourth-order valence-electron chi connectivity index (χ4n) is 5.58. The lowest BCUT2D eigenvalue weighted by atomic mass is 9.77. The zero-order valence-electron chi connectivity index (χ0n) is 19.9. The van der Waals surface area contributed by atoms with E-state index in [2.05, 4.69) is 9.80 Å². The average molecular weight is 467 g/mol. The highest BCUT2D eigenvalue weighted by molar-refractivity contribution is 5.85. The maximum absolute atomic E-state index is 14.2. The fourth-order valence-corrected chi connectivity index (χ4v) is 5.58. The topological polar surface area (TPSA) is 71.5 Å². The van der Waals surface area contributed by atoms with Crippen molar-refractivity contribution in [2.45, 2.75) is 44.3 Å². The molecule has 7 heteroatoms. The molecule has 34 heavy (non-hydrogen) atoms. The Kier molecular flexibility index (Phi) is 6.66. The van der Waals surface area contributed by atoms with Crippen LogP contribution in [-0.2, 0) is 14.9 Å². The number of phenolic OH excluding ortho intramolecular Hbond substituents is 1. The molecule has 2 fully saturated rings. The van der Waals surface area contributed by atoms with Crippen LogP contribution in [0, 0.1) is 6.92 Å². The number of likely N-dealkylation sites (tertiary alicyclic amines) is 2. The van der Waals surface area contributed by atoms with Crippen LogP contribution in [0.5, 0.6) is 17.2 Å². The van der Waals surface area contributed by atoms with Gasteiger partial charge >= 0.3 is 5.97 Å². The van der Waals surface area contributed by atoms with Gasteiger partial charge in [-0.15, -0.1) is 0 Å². The van der Waals surface area contributed by atoms with Gasteiger partial charge in [0.1, 0.15) is 11.2 Å². The smallest absolute Gasteiger partial charge is 0.322 e. The first kappa shape index (κ1) is 23.0. The minimum absolute atomic E-state index is 0.154. The van der Waals surface area contributed by atoms with Crippen molar-refractivity contribution in [2.24, 2.45) is 0 Å². The standard InChI is InChI=1S/C27H34N2O5/c1-20-16-21(30)10-11-22(20)27(18-28-12-4-5-13-28,19-29-14-6-7-15-29)26(31)34-25-17-32-23-8-2-3-9-24(23)33-25/h2-3,8-11,16,25,30H,4-7,12-15,17-19H2,1H3. The van der Waals surface area contributed by atoms with Crippen LogP contribution in [0.1, 0.15) is 36.8 Å². The predicted octanol–water partition coefficient (Wildman–Crippen LogP) is 3.47. The Morgan fingerprint density at radius 2 is 1.62 bits per heavy atom. The minimum atomic E-state index is -0.896. The van der Waals surface area contributed by atoms with Gasteiger partial charge in [-0.1, -0.05) is 18.2 Å². The normalized spacial score (nSPS) is 21.0. The third-order valence-corrected chi connectivity index (χ3v) is 7.22. The van der Waals surface area contributed by atoms with Crippen LogP contribution >= 0.6 is 0 Å². The van der Waals surface area contributed by atoms with Crippen molar-refractivity contribution in [2.75, 3.05) is 45.9 Å². The molecule has 2 aromatic carbocycles. The van der Waals surface area contributed by atoms with E-state index in [1.54, 1.807) is 12.1 Å². The summed E-state index contributed by atoms with van der Waals surface area (Å²) in [4.78, 5) is 18.9. The van der Waals surface area contributed by atoms with E-state index in [4.69, 9.17) is 14.2 Å². The summed E-state index contributed by atoms with van der Waals surface area (Å²) in [5, 5.41) is 10.1. The summed E-state index contributed by atoms with van der Waals surface area (Å²) in [5.74, 6) is 1.14. The summed E-state index contributed by atoms with van der Waals surface area (Å²) >= 11 is 0. The maximum Gasteiger partial charge on any atom is 0.322 e. The summed E-state index contributed by atoms with van der Waals surface area (Å²) in [7, 11) is 0. The molecule has 0 spiro atoms. The molecule has 2 aromatic rings. The Balaban J connectivity index is 1.49. The SMILES string of the molecule is Cc1cc(O)ccc1C(CN1CCCC1)(CN1CCCC1)C(=O)OC1COc2ccccc2O1. The predicted molar refractivity (Wildman–Crippen MR) is 128 cm³/mol. The van der Waals surface area contributed by atoms with E-state index in [-0.39, 0.29) is 18.3 Å². The highest BCUT2D eigenvalue weighted by Gasteiger charge is 2.47. The van der Waals surface area contributed by atoms with E-state index in [1.807, 2.05) is 37.3 Å². The van der Waals surface area contributed by atoms with Crippen molar-refractivity contribution in [3.05, 3.63) is 53.6 Å². The maximum atomic E-state index is 14.2. The molecule has 0 bridgehead atoms. The molecule has 5 rings (SSSR count). The lowest BCUT2D eigenvalue weighted by Crippen LogP contribution is -2.55. The number of fused-ring (bicyclic) bond motifs is 1. The molecule has 182 valence electrons. The highest BCUT2D eigenvalue weighted by Crippen LogP contribution is 2.37. The molecule has 3 heterocycles. The zero-order chi connectivity index (χ0) is 23.5. The summed E-state index contributed by atoms with van der Waals surface area (Å²) < 4.78 is 17.9. The first-order valence-corrected chi connectivity index (χ1v) is 12.4. The zero-order valence-corrected chi connectivity index (χ0v) is 19.9. The quantitative estimate of drug-likeness (QED) is 0.627. The first-order valence-electron chi connectivity index (χ1n) is 12.4. The Labute approximate surface area is 201 Å². The van der Waals surface area contributed by atoms with Gasteiger partial charge in [0.25, 0.3) is 6.29 Å². The second-order valence-corrected chi connectivity index (χ2v) is 9.76. The van der Waals surface area contributed by atoms with Crippen molar-refractivity contribution in [3.63, 3.8) is 0 Å². The number of aromatic hydroxyl groups is 1. The van der Waals surface area contributed by atoms with Crippen LogP contribution in [0.2, 0.25) is 0 Å². The van der Waals surface area contributed by atoms with E-state index in [9.17, 15) is 9.90 Å². The summed E-state index contributed by atoms with van der Waals surface area (Å²) in [6, 6.07) is 12.7. The number of hydrogen-bond acceptors (Lipinski definition) is 7. The lowest BCUT2D eigenvalue weighted by Gasteiger charge is -2.40. The largest absolute Gasteiger partial charge is 0.508 e. The van der Waals surface area contributed by atoms with Gasteiger partial charge in [0.15, 0.2) is 18.1 Å². The highest BCUT2D eigenvalue weighted by atomic mass is 16.7. The van der Waals surface area contributed by atoms with Gasteiger partial charge in [0.2, 0.25) is 0 Å². The number of esters is 1. The Bertz CT molecular complexity index is 996. The third kappa shape index (κ3) is 4.72. The van der Waals surface area contributed by atoms with Gasteiger partial charge in [-0.3, -0.25) is 4.79 Å². The van der Waals surface area contributed by atoms with E-state index in [0.29, 0.717) is 24.6 Å². The number of nitrogens with zero attached hydrogens (tertiary/aromatic N) is 2. The molecule has 1 atom stereocenters. The van der Waals surface area contributed by atoms with E-state index in [1.165, 1.54) is 0 Å². The number of carbonyl (C=O) groups is 1. The molecule has 0 radical (unpaired) electrons. The van der Waals surface area contributed by atoms with Crippen molar-refractivity contribution < 1.29 is 24.1 Å². The Hall–Kier alpha value is -2.77. The van der Waals surface area contributed by atoms with Gasteiger partial charge in [-0.2, -0.15) is 0 Å². The molecule has 3 aliphatic rings. The molecule has 0 saturated carbocycles. The van der Waals surface area contributed by atoms with Crippen LogP contribution in [0.25, 0.3) is 0 Å². The van der Waals surface area contributed by atoms with Crippen LogP contribution in [0.15, 0.2) is 42.5 Å². The van der Waals surface area contributed by atoms with Crippen molar-refractivity contribution in [1.29, 1.82) is 0 Å². The number of hydrogen-bond donors (Lipinski definition) is 1. The number of benzene rings is 2. The average Bonchev–Trinajstić information content (AvgIpc) is 3.53. The fraction of sp³-hybridized carbons (Fsp3) is 0.519. The number of para-hydroxylation sites is 2. The van der Waals surface area contributed by atoms with Gasteiger partial charge in [0.05, 0.1) is 0 Å². The van der Waals surface area contributed by atoms with Crippen LogP contribution in [0.4, 0.5) is 0 Å². The summed E-state index contributed by atoms with van der Waals surface area (Å²) in [6.07, 6.45) is 3.75. The van der Waals surface area contributed by atoms with E-state index >= 15 is 0 Å². The van der Waals surface area contributed by atoms with Gasteiger partial charge in [-0.05, 0) is 94.2 Å². The number of rotatable bonds is 7. The van der Waals surface area contributed by atoms with Crippen LogP contribution < -0.4 is 9.47 Å². The molecular weight excluding hydrogens is 432 g/mol. The molecule has 2 saturated heterocycles. The van der Waals surface area contributed by atoms with Gasteiger partial charge in [0, 0.05) is 13.1 Å². The monoisotopic (exact) mass is 466 g/mol. The molecule has 1 N–H and O–H groups in total. The van der Waals surface area contributed by atoms with Crippen molar-refractivity contribution >= 4 is 5.97 Å². The number of ether oxygens (including phenoxy) is 3.